The molecule has 1 aliphatic heterocycles. The third-order valence-electron chi connectivity index (χ3n) is 5.34. The van der Waals surface area contributed by atoms with Crippen molar-refractivity contribution in [2.45, 2.75) is 37.7 Å². The average Bonchev–Trinajstić information content (AvgIpc) is 3.26. The van der Waals surface area contributed by atoms with Crippen LogP contribution < -0.4 is 4.90 Å². The Labute approximate surface area is 152 Å². The van der Waals surface area contributed by atoms with Gasteiger partial charge in [0, 0.05) is 38.3 Å². The topological polar surface area (TPSA) is 82.7 Å². The number of aromatic nitrogens is 2. The molecule has 0 saturated carbocycles. The Morgan fingerprint density at radius 1 is 1.38 bits per heavy atom. The van der Waals surface area contributed by atoms with E-state index in [1.807, 2.05) is 18.2 Å². The van der Waals surface area contributed by atoms with Crippen LogP contribution in [0.2, 0.25) is 0 Å². The van der Waals surface area contributed by atoms with Crippen molar-refractivity contribution in [2.24, 2.45) is 0 Å². The summed E-state index contributed by atoms with van der Waals surface area (Å²) in [5.74, 6) is 1.51. The molecule has 0 radical (unpaired) electrons. The molecule has 1 aliphatic carbocycles. The standard InChI is InChI=1S/C19H24N4O3/c1-22(18(24)17-14-6-2-3-7-15(14)26-21-17)12-19(25)9-11-23(13-19)16-8-4-5-10-20-16/h4-5,8,10,25H,2-3,6-7,9,11-13H2,1H3/t19-/m1/s1. The predicted molar refractivity (Wildman–Crippen MR) is 96.1 cm³/mol. The SMILES string of the molecule is CN(C[C@]1(O)CCN(c2ccccn2)C1)C(=O)c1noc2c1CCCC2. The zero-order valence-electron chi connectivity index (χ0n) is 15.0. The number of β-amino-alcohol motifs (C(OH)–C–C–N with tert-alkyl or cyclic N) is 1. The first-order valence-electron chi connectivity index (χ1n) is 9.17. The number of anilines is 1. The van der Waals surface area contributed by atoms with Gasteiger partial charge in [0.25, 0.3) is 5.91 Å². The van der Waals surface area contributed by atoms with Crippen molar-refractivity contribution < 1.29 is 14.4 Å². The highest BCUT2D eigenvalue weighted by Crippen LogP contribution is 2.28. The van der Waals surface area contributed by atoms with Gasteiger partial charge in [0.15, 0.2) is 5.69 Å². The van der Waals surface area contributed by atoms with E-state index in [-0.39, 0.29) is 12.5 Å². The number of amides is 1. The number of pyridine rings is 1. The third-order valence-corrected chi connectivity index (χ3v) is 5.34. The van der Waals surface area contributed by atoms with Gasteiger partial charge in [0.1, 0.15) is 17.2 Å². The monoisotopic (exact) mass is 356 g/mol. The summed E-state index contributed by atoms with van der Waals surface area (Å²) in [5.41, 5.74) is 0.401. The molecule has 7 nitrogen and oxygen atoms in total. The zero-order chi connectivity index (χ0) is 18.1. The molecule has 4 rings (SSSR count). The van der Waals surface area contributed by atoms with E-state index in [1.165, 1.54) is 0 Å². The summed E-state index contributed by atoms with van der Waals surface area (Å²) in [7, 11) is 1.72. The summed E-state index contributed by atoms with van der Waals surface area (Å²) in [6, 6.07) is 5.74. The zero-order valence-corrected chi connectivity index (χ0v) is 15.0. The summed E-state index contributed by atoms with van der Waals surface area (Å²) >= 11 is 0. The van der Waals surface area contributed by atoms with Crippen molar-refractivity contribution in [2.75, 3.05) is 31.6 Å². The van der Waals surface area contributed by atoms with E-state index < -0.39 is 5.60 Å². The van der Waals surface area contributed by atoms with E-state index in [1.54, 1.807) is 18.1 Å². The largest absolute Gasteiger partial charge is 0.386 e. The van der Waals surface area contributed by atoms with E-state index in [9.17, 15) is 9.90 Å². The molecule has 1 fully saturated rings. The fraction of sp³-hybridized carbons (Fsp3) is 0.526. The number of hydrogen-bond donors (Lipinski definition) is 1. The smallest absolute Gasteiger partial charge is 0.276 e. The maximum Gasteiger partial charge on any atom is 0.276 e. The van der Waals surface area contributed by atoms with E-state index in [4.69, 9.17) is 4.52 Å². The number of carbonyl (C=O) groups excluding carboxylic acids is 1. The summed E-state index contributed by atoms with van der Waals surface area (Å²) in [6.07, 6.45) is 6.16. The molecular formula is C19H24N4O3. The van der Waals surface area contributed by atoms with Crippen molar-refractivity contribution in [1.82, 2.24) is 15.0 Å². The molecule has 0 aromatic carbocycles. The van der Waals surface area contributed by atoms with Gasteiger partial charge in [0.2, 0.25) is 0 Å². The molecule has 1 saturated heterocycles. The summed E-state index contributed by atoms with van der Waals surface area (Å²) in [6.45, 7) is 1.43. The minimum Gasteiger partial charge on any atom is -0.386 e. The first-order chi connectivity index (χ1) is 12.6. The van der Waals surface area contributed by atoms with Gasteiger partial charge in [-0.2, -0.15) is 0 Å². The van der Waals surface area contributed by atoms with Gasteiger partial charge in [-0.3, -0.25) is 4.79 Å². The summed E-state index contributed by atoms with van der Waals surface area (Å²) < 4.78 is 5.35. The van der Waals surface area contributed by atoms with Crippen LogP contribution in [0.15, 0.2) is 28.9 Å². The van der Waals surface area contributed by atoms with Crippen LogP contribution >= 0.6 is 0 Å². The van der Waals surface area contributed by atoms with E-state index in [0.29, 0.717) is 18.7 Å². The molecule has 7 heteroatoms. The van der Waals surface area contributed by atoms with E-state index >= 15 is 0 Å². The minimum atomic E-state index is -0.953. The van der Waals surface area contributed by atoms with Crippen molar-refractivity contribution in [3.8, 4) is 0 Å². The van der Waals surface area contributed by atoms with Gasteiger partial charge in [-0.15, -0.1) is 0 Å². The molecule has 26 heavy (non-hydrogen) atoms. The fourth-order valence-electron chi connectivity index (χ4n) is 3.97. The van der Waals surface area contributed by atoms with Gasteiger partial charge < -0.3 is 19.4 Å². The van der Waals surface area contributed by atoms with Crippen LogP contribution in [0.4, 0.5) is 5.82 Å². The second-order valence-electron chi connectivity index (χ2n) is 7.39. The van der Waals surface area contributed by atoms with Crippen molar-refractivity contribution in [3.05, 3.63) is 41.4 Å². The highest BCUT2D eigenvalue weighted by atomic mass is 16.5. The number of nitrogens with zero attached hydrogens (tertiary/aromatic N) is 4. The molecule has 0 bridgehead atoms. The molecule has 1 amide bonds. The molecule has 1 atom stereocenters. The first kappa shape index (κ1) is 17.0. The number of hydrogen-bond acceptors (Lipinski definition) is 6. The maximum atomic E-state index is 12.8. The fourth-order valence-corrected chi connectivity index (χ4v) is 3.97. The third kappa shape index (κ3) is 3.19. The number of aliphatic hydroxyl groups is 1. The molecule has 0 spiro atoms. The van der Waals surface area contributed by atoms with Gasteiger partial charge in [-0.25, -0.2) is 4.98 Å². The Bertz CT molecular complexity index is 791. The Balaban J connectivity index is 1.44. The molecule has 2 aromatic heterocycles. The number of rotatable bonds is 4. The van der Waals surface area contributed by atoms with Crippen LogP contribution in [0.3, 0.4) is 0 Å². The Kier molecular flexibility index (Phi) is 4.40. The van der Waals surface area contributed by atoms with Crippen LogP contribution in [0.1, 0.15) is 41.1 Å². The van der Waals surface area contributed by atoms with E-state index in [2.05, 4.69) is 15.0 Å². The molecule has 0 unspecified atom stereocenters. The predicted octanol–water partition coefficient (Wildman–Crippen LogP) is 1.66. The lowest BCUT2D eigenvalue weighted by molar-refractivity contribution is 0.0259. The lowest BCUT2D eigenvalue weighted by Gasteiger charge is -2.29. The lowest BCUT2D eigenvalue weighted by Crippen LogP contribution is -2.46. The summed E-state index contributed by atoms with van der Waals surface area (Å²) in [5, 5.41) is 15.0. The molecular weight excluding hydrogens is 332 g/mol. The summed E-state index contributed by atoms with van der Waals surface area (Å²) in [4.78, 5) is 20.8. The number of fused-ring (bicyclic) bond motifs is 1. The van der Waals surface area contributed by atoms with Gasteiger partial charge >= 0.3 is 0 Å². The molecule has 3 heterocycles. The van der Waals surface area contributed by atoms with Crippen molar-refractivity contribution in [1.29, 1.82) is 0 Å². The van der Waals surface area contributed by atoms with Crippen LogP contribution in [0.5, 0.6) is 0 Å². The second-order valence-corrected chi connectivity index (χ2v) is 7.39. The normalized spacial score (nSPS) is 22.3. The number of carbonyl (C=O) groups is 1. The highest BCUT2D eigenvalue weighted by Gasteiger charge is 2.39. The van der Waals surface area contributed by atoms with Crippen molar-refractivity contribution in [3.63, 3.8) is 0 Å². The van der Waals surface area contributed by atoms with Gasteiger partial charge in [-0.05, 0) is 37.8 Å². The maximum absolute atomic E-state index is 12.8. The van der Waals surface area contributed by atoms with E-state index in [0.717, 1.165) is 49.4 Å². The highest BCUT2D eigenvalue weighted by molar-refractivity contribution is 5.93. The average molecular weight is 356 g/mol. The quantitative estimate of drug-likeness (QED) is 0.897. The van der Waals surface area contributed by atoms with Crippen LogP contribution in [-0.2, 0) is 12.8 Å². The lowest BCUT2D eigenvalue weighted by atomic mass is 9.96. The first-order valence-corrected chi connectivity index (χ1v) is 9.17. The van der Waals surface area contributed by atoms with Crippen LogP contribution in [0, 0.1) is 0 Å². The number of likely N-dealkylation sites (N-methyl/N-ethyl adjacent to an activating group) is 1. The van der Waals surface area contributed by atoms with Crippen molar-refractivity contribution >= 4 is 11.7 Å². The Hall–Kier alpha value is -2.41. The van der Waals surface area contributed by atoms with Gasteiger partial charge in [-0.1, -0.05) is 11.2 Å². The molecule has 2 aromatic rings. The van der Waals surface area contributed by atoms with Crippen LogP contribution in [0.25, 0.3) is 0 Å². The Morgan fingerprint density at radius 2 is 2.23 bits per heavy atom. The van der Waals surface area contributed by atoms with Gasteiger partial charge in [0.05, 0.1) is 6.54 Å². The minimum absolute atomic E-state index is 0.179. The Morgan fingerprint density at radius 3 is 3.04 bits per heavy atom. The molecule has 2 aliphatic rings. The molecule has 138 valence electrons. The molecule has 1 N–H and O–H groups in total. The number of aryl methyl sites for hydroxylation is 1. The second kappa shape index (κ2) is 6.72. The van der Waals surface area contributed by atoms with Crippen LogP contribution in [-0.4, -0.2) is 58.3 Å².